The molecule has 2 aromatic carbocycles. The molecule has 206 valence electrons. The van der Waals surface area contributed by atoms with Gasteiger partial charge in [0.15, 0.2) is 11.6 Å². The second kappa shape index (κ2) is 10.5. The number of carbonyl (C=O) groups is 2. The first kappa shape index (κ1) is 29.0. The summed E-state index contributed by atoms with van der Waals surface area (Å²) in [5.74, 6) is -3.58. The molecule has 38 heavy (non-hydrogen) atoms. The molecular weight excluding hydrogens is 530 g/mol. The fraction of sp³-hybridized carbons (Fsp3) is 0.517. The van der Waals surface area contributed by atoms with Gasteiger partial charge in [-0.1, -0.05) is 50.6 Å². The molecule has 1 saturated heterocycles. The van der Waals surface area contributed by atoms with Crippen LogP contribution in [0, 0.1) is 17.0 Å². The van der Waals surface area contributed by atoms with E-state index in [2.05, 4.69) is 10.6 Å². The Kier molecular flexibility index (Phi) is 8.03. The van der Waals surface area contributed by atoms with Crippen LogP contribution in [0.4, 0.5) is 8.78 Å². The van der Waals surface area contributed by atoms with Crippen molar-refractivity contribution >= 4 is 35.6 Å². The number of hydrogen-bond acceptors (Lipinski definition) is 5. The number of aldehydes is 1. The first-order chi connectivity index (χ1) is 17.7. The lowest BCUT2D eigenvalue weighted by Gasteiger charge is -2.42. The molecule has 9 heteroatoms. The first-order valence-electron chi connectivity index (χ1n) is 12.8. The zero-order valence-electron chi connectivity index (χ0n) is 22.3. The topological polar surface area (TPSA) is 78.4 Å². The van der Waals surface area contributed by atoms with E-state index in [-0.39, 0.29) is 17.0 Å². The van der Waals surface area contributed by atoms with Crippen LogP contribution in [0.25, 0.3) is 0 Å². The van der Waals surface area contributed by atoms with Crippen LogP contribution in [0.15, 0.2) is 41.3 Å². The molecule has 1 amide bonds. The quantitative estimate of drug-likeness (QED) is 0.311. The Morgan fingerprint density at radius 3 is 2.53 bits per heavy atom. The molecule has 5 nitrogen and oxygen atoms in total. The third kappa shape index (κ3) is 5.37. The Hall–Kier alpha value is -2.00. The molecule has 0 unspecified atom stereocenters. The van der Waals surface area contributed by atoms with E-state index in [4.69, 9.17) is 11.6 Å². The van der Waals surface area contributed by atoms with Gasteiger partial charge in [0.05, 0.1) is 17.1 Å². The second-order valence-electron chi connectivity index (χ2n) is 12.1. The Morgan fingerprint density at radius 1 is 1.26 bits per heavy atom. The van der Waals surface area contributed by atoms with E-state index in [9.17, 15) is 19.1 Å². The number of thioether (sulfide) groups is 1. The van der Waals surface area contributed by atoms with Gasteiger partial charge in [0, 0.05) is 27.9 Å². The summed E-state index contributed by atoms with van der Waals surface area (Å²) in [5.41, 5.74) is -1.95. The average molecular weight is 565 g/mol. The van der Waals surface area contributed by atoms with Crippen molar-refractivity contribution in [3.8, 4) is 0 Å². The van der Waals surface area contributed by atoms with Crippen molar-refractivity contribution in [2.45, 2.75) is 86.9 Å². The smallest absolute Gasteiger partial charge is 0.238 e. The SMILES string of the molecule is CSc1cc(Cl)ccc1[C@]1(C=O)[C@@H](CC(C)(C)C)N[C@@H](C(=O)NC2CC(C)(O)C2)[C@@H]1c1cccc(F)c1F. The van der Waals surface area contributed by atoms with Gasteiger partial charge in [0.2, 0.25) is 5.91 Å². The van der Waals surface area contributed by atoms with Crippen LogP contribution in [-0.2, 0) is 15.0 Å². The van der Waals surface area contributed by atoms with Gasteiger partial charge in [-0.25, -0.2) is 8.78 Å². The first-order valence-corrected chi connectivity index (χ1v) is 14.4. The highest BCUT2D eigenvalue weighted by Gasteiger charge is 2.60. The third-order valence-corrected chi connectivity index (χ3v) is 8.78. The van der Waals surface area contributed by atoms with Crippen molar-refractivity contribution in [2.75, 3.05) is 6.26 Å². The zero-order chi connectivity index (χ0) is 28.0. The summed E-state index contributed by atoms with van der Waals surface area (Å²) in [5, 5.41) is 17.0. The maximum Gasteiger partial charge on any atom is 0.238 e. The van der Waals surface area contributed by atoms with Crippen molar-refractivity contribution in [1.82, 2.24) is 10.6 Å². The molecule has 2 aromatic rings. The van der Waals surface area contributed by atoms with Crippen LogP contribution >= 0.6 is 23.4 Å². The van der Waals surface area contributed by atoms with Crippen molar-refractivity contribution in [3.05, 3.63) is 64.2 Å². The minimum Gasteiger partial charge on any atom is -0.390 e. The average Bonchev–Trinajstić information content (AvgIpc) is 3.12. The fourth-order valence-electron chi connectivity index (χ4n) is 6.20. The number of halogens is 3. The fourth-order valence-corrected chi connectivity index (χ4v) is 7.15. The molecule has 1 heterocycles. The molecular formula is C29H35ClF2N2O3S. The Bertz CT molecular complexity index is 1230. The molecule has 1 saturated carbocycles. The van der Waals surface area contributed by atoms with E-state index in [1.54, 1.807) is 25.1 Å². The van der Waals surface area contributed by atoms with Gasteiger partial charge in [-0.15, -0.1) is 11.8 Å². The summed E-state index contributed by atoms with van der Waals surface area (Å²) < 4.78 is 30.1. The summed E-state index contributed by atoms with van der Waals surface area (Å²) in [6, 6.07) is 7.22. The van der Waals surface area contributed by atoms with Gasteiger partial charge in [0.25, 0.3) is 0 Å². The number of benzene rings is 2. The lowest BCUT2D eigenvalue weighted by molar-refractivity contribution is -0.127. The molecule has 3 N–H and O–H groups in total. The van der Waals surface area contributed by atoms with E-state index in [1.165, 1.54) is 23.9 Å². The highest BCUT2D eigenvalue weighted by molar-refractivity contribution is 7.98. The van der Waals surface area contributed by atoms with Gasteiger partial charge in [-0.05, 0) is 67.2 Å². The van der Waals surface area contributed by atoms with Gasteiger partial charge in [-0.2, -0.15) is 0 Å². The van der Waals surface area contributed by atoms with Crippen LogP contribution in [0.1, 0.15) is 64.0 Å². The molecule has 0 spiro atoms. The van der Waals surface area contributed by atoms with E-state index in [1.807, 2.05) is 27.0 Å². The number of nitrogens with one attached hydrogen (secondary N) is 2. The maximum atomic E-state index is 15.5. The van der Waals surface area contributed by atoms with Gasteiger partial charge in [-0.3, -0.25) is 4.79 Å². The van der Waals surface area contributed by atoms with E-state index >= 15 is 4.39 Å². The number of hydrogen-bond donors (Lipinski definition) is 3. The lowest BCUT2D eigenvalue weighted by Crippen LogP contribution is -2.57. The van der Waals surface area contributed by atoms with Gasteiger partial charge in [0.1, 0.15) is 6.29 Å². The van der Waals surface area contributed by atoms with Crippen LogP contribution in [0.5, 0.6) is 0 Å². The summed E-state index contributed by atoms with van der Waals surface area (Å²) in [7, 11) is 0. The van der Waals surface area contributed by atoms with Crippen LogP contribution < -0.4 is 10.6 Å². The van der Waals surface area contributed by atoms with Crippen molar-refractivity contribution < 1.29 is 23.5 Å². The summed E-state index contributed by atoms with van der Waals surface area (Å²) in [6.07, 6.45) is 3.93. The molecule has 2 fully saturated rings. The predicted octanol–water partition coefficient (Wildman–Crippen LogP) is 5.37. The highest BCUT2D eigenvalue weighted by Crippen LogP contribution is 2.53. The summed E-state index contributed by atoms with van der Waals surface area (Å²) in [6.45, 7) is 7.80. The highest BCUT2D eigenvalue weighted by atomic mass is 35.5. The van der Waals surface area contributed by atoms with Crippen LogP contribution in [0.2, 0.25) is 5.02 Å². The monoisotopic (exact) mass is 564 g/mol. The molecule has 4 rings (SSSR count). The Labute approximate surface area is 232 Å². The number of carbonyl (C=O) groups excluding carboxylic acids is 2. The Balaban J connectivity index is 1.93. The molecule has 0 aromatic heterocycles. The number of rotatable bonds is 7. The number of aliphatic hydroxyl groups is 1. The minimum atomic E-state index is -1.40. The van der Waals surface area contributed by atoms with Crippen molar-refractivity contribution in [3.63, 3.8) is 0 Å². The predicted molar refractivity (Wildman–Crippen MR) is 147 cm³/mol. The maximum absolute atomic E-state index is 15.5. The zero-order valence-corrected chi connectivity index (χ0v) is 23.9. The molecule has 0 radical (unpaired) electrons. The standard InChI is InChI=1S/C29H35ClF2N2O3S/c1-27(2,3)14-22-29(15-35,19-10-9-16(30)11-21(19)38-5)23(18-7-6-8-20(31)24(18)32)25(34-22)26(36)33-17-12-28(4,37)13-17/h6-11,15,17,22-23,25,34,37H,12-14H2,1-5H3,(H,33,36)/t17?,22-,23+,25-,28?,29-/m1/s1. The second-order valence-corrected chi connectivity index (χ2v) is 13.4. The van der Waals surface area contributed by atoms with E-state index < -0.39 is 46.6 Å². The van der Waals surface area contributed by atoms with Crippen LogP contribution in [-0.4, -0.2) is 47.3 Å². The molecule has 2 aliphatic rings. The molecule has 0 bridgehead atoms. The molecule has 1 aliphatic heterocycles. The lowest BCUT2D eigenvalue weighted by atomic mass is 9.62. The summed E-state index contributed by atoms with van der Waals surface area (Å²) >= 11 is 7.70. The minimum absolute atomic E-state index is 0.0382. The molecule has 4 atom stereocenters. The van der Waals surface area contributed by atoms with Gasteiger partial charge >= 0.3 is 0 Å². The third-order valence-electron chi connectivity index (χ3n) is 7.76. The molecule has 1 aliphatic carbocycles. The Morgan fingerprint density at radius 2 is 1.95 bits per heavy atom. The number of amides is 1. The van der Waals surface area contributed by atoms with E-state index in [0.29, 0.717) is 29.8 Å². The van der Waals surface area contributed by atoms with Gasteiger partial charge < -0.3 is 20.5 Å². The van der Waals surface area contributed by atoms with Crippen molar-refractivity contribution in [1.29, 1.82) is 0 Å². The normalized spacial score (nSPS) is 31.1. The van der Waals surface area contributed by atoms with Crippen molar-refractivity contribution in [2.24, 2.45) is 5.41 Å². The summed E-state index contributed by atoms with van der Waals surface area (Å²) in [4.78, 5) is 27.9. The van der Waals surface area contributed by atoms with Crippen LogP contribution in [0.3, 0.4) is 0 Å². The largest absolute Gasteiger partial charge is 0.390 e. The van der Waals surface area contributed by atoms with E-state index in [0.717, 1.165) is 17.2 Å².